The molecule has 2 heterocycles. The Bertz CT molecular complexity index is 1030. The van der Waals surface area contributed by atoms with Gasteiger partial charge in [0.25, 0.3) is 0 Å². The standard InChI is InChI=1S/C20H20N4O/c1-2-13-4-3-5-17-16-8-6-14(10-18(16)24-20(13)17)23-19(25)9-7-15-11-21-12-22-15/h3-6,8,10-12,24H,2,7,9H2,1H3,(H,21,22)(H,23,25). The van der Waals surface area contributed by atoms with Crippen molar-refractivity contribution < 1.29 is 4.79 Å². The Kier molecular flexibility index (Phi) is 3.98. The lowest BCUT2D eigenvalue weighted by Gasteiger charge is -2.05. The predicted octanol–water partition coefficient (Wildman–Crippen LogP) is 4.18. The van der Waals surface area contributed by atoms with Crippen molar-refractivity contribution in [2.24, 2.45) is 0 Å². The lowest BCUT2D eigenvalue weighted by atomic mass is 10.1. The Labute approximate surface area is 145 Å². The van der Waals surface area contributed by atoms with E-state index in [0.29, 0.717) is 12.8 Å². The van der Waals surface area contributed by atoms with E-state index in [1.165, 1.54) is 21.9 Å². The molecule has 0 radical (unpaired) electrons. The van der Waals surface area contributed by atoms with Crippen LogP contribution in [0.2, 0.25) is 0 Å². The summed E-state index contributed by atoms with van der Waals surface area (Å²) >= 11 is 0. The van der Waals surface area contributed by atoms with Crippen LogP contribution in [0.4, 0.5) is 5.69 Å². The van der Waals surface area contributed by atoms with Crippen LogP contribution in [0.1, 0.15) is 24.6 Å². The molecular formula is C20H20N4O. The topological polar surface area (TPSA) is 73.6 Å². The van der Waals surface area contributed by atoms with Crippen molar-refractivity contribution in [2.75, 3.05) is 5.32 Å². The van der Waals surface area contributed by atoms with Gasteiger partial charge in [0.2, 0.25) is 5.91 Å². The number of hydrogen-bond acceptors (Lipinski definition) is 2. The van der Waals surface area contributed by atoms with Gasteiger partial charge in [-0.2, -0.15) is 0 Å². The molecule has 0 aliphatic rings. The smallest absolute Gasteiger partial charge is 0.224 e. The third-order valence-corrected chi connectivity index (χ3v) is 4.56. The van der Waals surface area contributed by atoms with Crippen molar-refractivity contribution in [2.45, 2.75) is 26.2 Å². The Balaban J connectivity index is 1.56. The molecule has 5 nitrogen and oxygen atoms in total. The SMILES string of the molecule is CCc1cccc2c1[nH]c1cc(NC(=O)CCc3cnc[nH]3)ccc12. The van der Waals surface area contributed by atoms with Crippen LogP contribution in [0.25, 0.3) is 21.8 Å². The second-order valence-corrected chi connectivity index (χ2v) is 6.20. The van der Waals surface area contributed by atoms with E-state index in [0.717, 1.165) is 23.3 Å². The van der Waals surface area contributed by atoms with Crippen molar-refractivity contribution in [1.29, 1.82) is 0 Å². The molecule has 0 aliphatic heterocycles. The van der Waals surface area contributed by atoms with Gasteiger partial charge in [0.15, 0.2) is 0 Å². The summed E-state index contributed by atoms with van der Waals surface area (Å²) in [6.07, 6.45) is 5.44. The van der Waals surface area contributed by atoms with Crippen molar-refractivity contribution in [3.8, 4) is 0 Å². The fourth-order valence-corrected chi connectivity index (χ4v) is 3.25. The summed E-state index contributed by atoms with van der Waals surface area (Å²) in [5.74, 6) is -0.000640. The molecular weight excluding hydrogens is 312 g/mol. The molecule has 0 saturated heterocycles. The molecule has 2 aromatic carbocycles. The quantitative estimate of drug-likeness (QED) is 0.513. The van der Waals surface area contributed by atoms with Gasteiger partial charge in [0.05, 0.1) is 6.33 Å². The Morgan fingerprint density at radius 3 is 2.92 bits per heavy atom. The normalized spacial score (nSPS) is 11.2. The number of hydrogen-bond donors (Lipinski definition) is 3. The molecule has 0 unspecified atom stereocenters. The maximum Gasteiger partial charge on any atom is 0.224 e. The van der Waals surface area contributed by atoms with Crippen LogP contribution < -0.4 is 5.32 Å². The summed E-state index contributed by atoms with van der Waals surface area (Å²) in [6, 6.07) is 12.4. The molecule has 0 fully saturated rings. The lowest BCUT2D eigenvalue weighted by Crippen LogP contribution is -2.12. The molecule has 0 bridgehead atoms. The molecule has 0 saturated carbocycles. The van der Waals surface area contributed by atoms with E-state index in [-0.39, 0.29) is 5.91 Å². The van der Waals surface area contributed by atoms with Crippen molar-refractivity contribution >= 4 is 33.4 Å². The molecule has 2 aromatic heterocycles. The van der Waals surface area contributed by atoms with Crippen molar-refractivity contribution in [3.05, 3.63) is 60.2 Å². The van der Waals surface area contributed by atoms with Gasteiger partial charge in [0.1, 0.15) is 0 Å². The third-order valence-electron chi connectivity index (χ3n) is 4.56. The van der Waals surface area contributed by atoms with Crippen LogP contribution >= 0.6 is 0 Å². The van der Waals surface area contributed by atoms with Gasteiger partial charge in [-0.1, -0.05) is 31.2 Å². The largest absolute Gasteiger partial charge is 0.354 e. The lowest BCUT2D eigenvalue weighted by molar-refractivity contribution is -0.116. The number of para-hydroxylation sites is 1. The van der Waals surface area contributed by atoms with E-state index >= 15 is 0 Å². The fraction of sp³-hybridized carbons (Fsp3) is 0.200. The van der Waals surface area contributed by atoms with Crippen molar-refractivity contribution in [1.82, 2.24) is 15.0 Å². The maximum absolute atomic E-state index is 12.2. The fourth-order valence-electron chi connectivity index (χ4n) is 3.25. The highest BCUT2D eigenvalue weighted by Gasteiger charge is 2.09. The number of nitrogens with one attached hydrogen (secondary N) is 3. The van der Waals surface area contributed by atoms with Gasteiger partial charge >= 0.3 is 0 Å². The van der Waals surface area contributed by atoms with Crippen LogP contribution in [0.5, 0.6) is 0 Å². The molecule has 3 N–H and O–H groups in total. The highest BCUT2D eigenvalue weighted by molar-refractivity contribution is 6.09. The number of aryl methyl sites for hydroxylation is 2. The number of amides is 1. The second-order valence-electron chi connectivity index (χ2n) is 6.20. The van der Waals surface area contributed by atoms with Gasteiger partial charge in [-0.15, -0.1) is 0 Å². The van der Waals surface area contributed by atoms with Gasteiger partial charge in [-0.05, 0) is 30.5 Å². The zero-order valence-corrected chi connectivity index (χ0v) is 14.1. The number of aromatic amines is 2. The Hall–Kier alpha value is -3.08. The highest BCUT2D eigenvalue weighted by Crippen LogP contribution is 2.29. The molecule has 5 heteroatoms. The Morgan fingerprint density at radius 1 is 1.20 bits per heavy atom. The van der Waals surface area contributed by atoms with E-state index in [1.807, 2.05) is 12.1 Å². The first kappa shape index (κ1) is 15.4. The minimum atomic E-state index is -0.000640. The number of imidazole rings is 1. The third kappa shape index (κ3) is 3.01. The zero-order chi connectivity index (χ0) is 17.2. The number of carbonyl (C=O) groups excluding carboxylic acids is 1. The summed E-state index contributed by atoms with van der Waals surface area (Å²) in [6.45, 7) is 2.16. The monoisotopic (exact) mass is 332 g/mol. The first-order valence-corrected chi connectivity index (χ1v) is 8.55. The average molecular weight is 332 g/mol. The Morgan fingerprint density at radius 2 is 2.12 bits per heavy atom. The first-order chi connectivity index (χ1) is 12.2. The zero-order valence-electron chi connectivity index (χ0n) is 14.1. The summed E-state index contributed by atoms with van der Waals surface area (Å²) < 4.78 is 0. The average Bonchev–Trinajstić information content (AvgIpc) is 3.26. The molecule has 1 amide bonds. The number of rotatable bonds is 5. The number of benzene rings is 2. The minimum absolute atomic E-state index is 0.000640. The van der Waals surface area contributed by atoms with E-state index in [4.69, 9.17) is 0 Å². The van der Waals surface area contributed by atoms with Crippen LogP contribution in [-0.4, -0.2) is 20.9 Å². The molecule has 25 heavy (non-hydrogen) atoms. The molecule has 126 valence electrons. The highest BCUT2D eigenvalue weighted by atomic mass is 16.1. The molecule has 0 spiro atoms. The number of carbonyl (C=O) groups is 1. The predicted molar refractivity (Wildman–Crippen MR) is 101 cm³/mol. The van der Waals surface area contributed by atoms with Crippen LogP contribution in [0.15, 0.2) is 48.9 Å². The maximum atomic E-state index is 12.2. The van der Waals surface area contributed by atoms with E-state index in [1.54, 1.807) is 12.5 Å². The molecule has 4 aromatic rings. The summed E-state index contributed by atoms with van der Waals surface area (Å²) in [4.78, 5) is 22.6. The number of aromatic nitrogens is 3. The number of H-pyrrole nitrogens is 2. The van der Waals surface area contributed by atoms with Gasteiger partial charge in [-0.3, -0.25) is 4.79 Å². The summed E-state index contributed by atoms with van der Waals surface area (Å²) in [7, 11) is 0. The van der Waals surface area contributed by atoms with Crippen LogP contribution in [0.3, 0.4) is 0 Å². The van der Waals surface area contributed by atoms with Crippen LogP contribution in [0, 0.1) is 0 Å². The minimum Gasteiger partial charge on any atom is -0.354 e. The van der Waals surface area contributed by atoms with Gasteiger partial charge < -0.3 is 15.3 Å². The summed E-state index contributed by atoms with van der Waals surface area (Å²) in [5.41, 5.74) is 5.31. The van der Waals surface area contributed by atoms with E-state index in [2.05, 4.69) is 51.5 Å². The molecule has 0 aliphatic carbocycles. The van der Waals surface area contributed by atoms with Gasteiger partial charge in [-0.25, -0.2) is 4.98 Å². The van der Waals surface area contributed by atoms with Gasteiger partial charge in [0, 0.05) is 45.8 Å². The second kappa shape index (κ2) is 6.43. The first-order valence-electron chi connectivity index (χ1n) is 8.55. The van der Waals surface area contributed by atoms with E-state index in [9.17, 15) is 4.79 Å². The van der Waals surface area contributed by atoms with Crippen LogP contribution in [-0.2, 0) is 17.6 Å². The number of nitrogens with zero attached hydrogens (tertiary/aromatic N) is 1. The molecule has 4 rings (SSSR count). The molecule has 0 atom stereocenters. The van der Waals surface area contributed by atoms with Crippen molar-refractivity contribution in [3.63, 3.8) is 0 Å². The summed E-state index contributed by atoms with van der Waals surface area (Å²) in [5, 5.41) is 5.39. The van der Waals surface area contributed by atoms with E-state index < -0.39 is 0 Å². The number of fused-ring (bicyclic) bond motifs is 3. The number of anilines is 1.